The van der Waals surface area contributed by atoms with Crippen molar-refractivity contribution in [1.82, 2.24) is 15.3 Å². The maximum Gasteiger partial charge on any atom is 0.273 e. The molecule has 0 radical (unpaired) electrons. The number of nitrogens with one attached hydrogen (secondary N) is 2. The summed E-state index contributed by atoms with van der Waals surface area (Å²) in [6.07, 6.45) is 2.02. The smallest absolute Gasteiger partial charge is 0.273 e. The van der Waals surface area contributed by atoms with Gasteiger partial charge in [0.2, 0.25) is 15.9 Å². The van der Waals surface area contributed by atoms with Crippen LogP contribution in [0.1, 0.15) is 58.9 Å². The lowest BCUT2D eigenvalue weighted by Crippen LogP contribution is -2.54. The first-order valence-corrected chi connectivity index (χ1v) is 14.3. The first-order chi connectivity index (χ1) is 17.0. The van der Waals surface area contributed by atoms with Gasteiger partial charge >= 0.3 is 0 Å². The highest BCUT2D eigenvalue weighted by Crippen LogP contribution is 2.22. The lowest BCUT2D eigenvalue weighted by Gasteiger charge is -2.30. The number of amides is 2. The zero-order chi connectivity index (χ0) is 26.7. The van der Waals surface area contributed by atoms with E-state index >= 15 is 0 Å². The molecule has 11 heteroatoms. The summed E-state index contributed by atoms with van der Waals surface area (Å²) in [5.41, 5.74) is 5.75. The van der Waals surface area contributed by atoms with Crippen LogP contribution in [0, 0.1) is 17.8 Å². The van der Waals surface area contributed by atoms with Crippen LogP contribution in [0.4, 0.5) is 0 Å². The van der Waals surface area contributed by atoms with Gasteiger partial charge in [0.25, 0.3) is 5.91 Å². The molecule has 1 aliphatic rings. The van der Waals surface area contributed by atoms with Crippen molar-refractivity contribution in [1.29, 1.82) is 0 Å². The summed E-state index contributed by atoms with van der Waals surface area (Å²) >= 11 is 0. The third kappa shape index (κ3) is 10.5. The van der Waals surface area contributed by atoms with Crippen molar-refractivity contribution in [3.63, 3.8) is 0 Å². The third-order valence-electron chi connectivity index (χ3n) is 5.55. The molecule has 1 unspecified atom stereocenters. The number of ether oxygens (including phenoxy) is 2. The predicted molar refractivity (Wildman–Crippen MR) is 135 cm³/mol. The molecule has 2 N–H and O–H groups in total. The lowest BCUT2D eigenvalue weighted by atomic mass is 9.90. The molecule has 0 bridgehead atoms. The Kier molecular flexibility index (Phi) is 12.3. The summed E-state index contributed by atoms with van der Waals surface area (Å²) < 4.78 is 37.0. The van der Waals surface area contributed by atoms with Crippen LogP contribution in [0.2, 0.25) is 0 Å². The van der Waals surface area contributed by atoms with E-state index in [1.165, 1.54) is 0 Å². The molecule has 10 nitrogen and oxygen atoms in total. The second-order valence-corrected chi connectivity index (χ2v) is 11.9. The second-order valence-electron chi connectivity index (χ2n) is 10.00. The molecule has 0 aromatic heterocycles. The highest BCUT2D eigenvalue weighted by Gasteiger charge is 2.37. The molecule has 1 aromatic rings. The van der Waals surface area contributed by atoms with E-state index in [-0.39, 0.29) is 31.4 Å². The van der Waals surface area contributed by atoms with Crippen molar-refractivity contribution >= 4 is 21.8 Å². The van der Waals surface area contributed by atoms with Crippen LogP contribution < -0.4 is 10.9 Å². The fourth-order valence-corrected chi connectivity index (χ4v) is 4.62. The lowest BCUT2D eigenvalue weighted by molar-refractivity contribution is -0.206. The van der Waals surface area contributed by atoms with Gasteiger partial charge in [0.1, 0.15) is 6.10 Å². The Morgan fingerprint density at radius 3 is 2.33 bits per heavy atom. The Balaban J connectivity index is 2.26. The van der Waals surface area contributed by atoms with Crippen LogP contribution in [0.5, 0.6) is 0 Å². The SMILES string of the molecule is CC(C)C[C@@H](C(=O)NN(CC(C)C)S(C)(=O)=O)[C@H](OCc1ccccc1)C(=O)NOC1CCCCO1. The Labute approximate surface area is 215 Å². The van der Waals surface area contributed by atoms with E-state index in [1.807, 2.05) is 58.0 Å². The third-order valence-corrected chi connectivity index (χ3v) is 6.59. The molecule has 3 atom stereocenters. The van der Waals surface area contributed by atoms with Crippen molar-refractivity contribution < 1.29 is 32.3 Å². The minimum absolute atomic E-state index is 0.0238. The number of nitrogens with zero attached hydrogens (tertiary/aromatic N) is 1. The van der Waals surface area contributed by atoms with Crippen molar-refractivity contribution in [3.8, 4) is 0 Å². The van der Waals surface area contributed by atoms with Crippen LogP contribution in [-0.4, -0.2) is 56.4 Å². The Hall–Kier alpha value is -2.05. The van der Waals surface area contributed by atoms with E-state index in [2.05, 4.69) is 10.9 Å². The number of carbonyl (C=O) groups excluding carboxylic acids is 2. The van der Waals surface area contributed by atoms with E-state index in [4.69, 9.17) is 14.3 Å². The number of rotatable bonds is 14. The molecule has 0 saturated carbocycles. The highest BCUT2D eigenvalue weighted by atomic mass is 32.2. The summed E-state index contributed by atoms with van der Waals surface area (Å²) in [5.74, 6) is -2.22. The molecule has 1 aromatic carbocycles. The molecule has 36 heavy (non-hydrogen) atoms. The van der Waals surface area contributed by atoms with Gasteiger partial charge in [0, 0.05) is 19.6 Å². The summed E-state index contributed by atoms with van der Waals surface area (Å²) in [6.45, 7) is 8.26. The van der Waals surface area contributed by atoms with Gasteiger partial charge in [-0.2, -0.15) is 0 Å². The number of sulfonamides is 1. The van der Waals surface area contributed by atoms with Crippen molar-refractivity contribution in [3.05, 3.63) is 35.9 Å². The normalized spacial score (nSPS) is 18.3. The number of hydrogen-bond acceptors (Lipinski definition) is 7. The highest BCUT2D eigenvalue weighted by molar-refractivity contribution is 7.88. The molecule has 2 amide bonds. The van der Waals surface area contributed by atoms with E-state index in [0.717, 1.165) is 29.1 Å². The molecule has 1 saturated heterocycles. The summed E-state index contributed by atoms with van der Waals surface area (Å²) in [7, 11) is -3.72. The van der Waals surface area contributed by atoms with E-state index in [1.54, 1.807) is 0 Å². The Morgan fingerprint density at radius 2 is 1.78 bits per heavy atom. The van der Waals surface area contributed by atoms with Crippen molar-refractivity contribution in [2.75, 3.05) is 19.4 Å². The number of benzene rings is 1. The van der Waals surface area contributed by atoms with Gasteiger partial charge in [-0.1, -0.05) is 58.0 Å². The minimum Gasteiger partial charge on any atom is -0.363 e. The monoisotopic (exact) mass is 527 g/mol. The molecule has 1 heterocycles. The van der Waals surface area contributed by atoms with Gasteiger partial charge in [-0.05, 0) is 36.7 Å². The second kappa shape index (κ2) is 14.6. The number of carbonyl (C=O) groups is 2. The molecule has 0 spiro atoms. The number of hydrazine groups is 1. The fraction of sp³-hybridized carbons (Fsp3) is 0.680. The van der Waals surface area contributed by atoms with Gasteiger partial charge in [0.05, 0.1) is 18.8 Å². The maximum atomic E-state index is 13.4. The van der Waals surface area contributed by atoms with Gasteiger partial charge in [-0.3, -0.25) is 15.0 Å². The van der Waals surface area contributed by atoms with E-state index < -0.39 is 40.1 Å². The number of hydroxylamine groups is 1. The standard InChI is InChI=1S/C25H41N3O7S/c1-18(2)15-21(24(29)26-28(16-19(3)4)36(5,31)32)23(34-17-20-11-7-6-8-12-20)25(30)27-35-22-13-9-10-14-33-22/h6-8,11-12,18-19,21-23H,9-10,13-17H2,1-5H3,(H,26,29)(H,27,30)/t21-,22?,23+/m1/s1. The molecular weight excluding hydrogens is 486 g/mol. The van der Waals surface area contributed by atoms with Gasteiger partial charge in [-0.15, -0.1) is 4.41 Å². The Bertz CT molecular complexity index is 919. The summed E-state index contributed by atoms with van der Waals surface area (Å²) in [5, 5.41) is 0. The van der Waals surface area contributed by atoms with E-state index in [9.17, 15) is 18.0 Å². The largest absolute Gasteiger partial charge is 0.363 e. The minimum atomic E-state index is -3.72. The molecular formula is C25H41N3O7S. The van der Waals surface area contributed by atoms with Crippen LogP contribution in [0.3, 0.4) is 0 Å². The number of hydrogen-bond donors (Lipinski definition) is 2. The maximum absolute atomic E-state index is 13.4. The van der Waals surface area contributed by atoms with Crippen molar-refractivity contribution in [2.24, 2.45) is 17.8 Å². The van der Waals surface area contributed by atoms with Crippen LogP contribution in [0.25, 0.3) is 0 Å². The molecule has 1 aliphatic heterocycles. The molecule has 1 fully saturated rings. The fourth-order valence-electron chi connectivity index (χ4n) is 3.80. The van der Waals surface area contributed by atoms with Crippen molar-refractivity contribution in [2.45, 2.75) is 72.4 Å². The molecule has 204 valence electrons. The van der Waals surface area contributed by atoms with Gasteiger partial charge in [0.15, 0.2) is 6.29 Å². The predicted octanol–water partition coefficient (Wildman–Crippen LogP) is 2.76. The molecule has 0 aliphatic carbocycles. The quantitative estimate of drug-likeness (QED) is 0.357. The topological polar surface area (TPSA) is 123 Å². The van der Waals surface area contributed by atoms with Crippen LogP contribution in [0.15, 0.2) is 30.3 Å². The first kappa shape index (κ1) is 30.2. The summed E-state index contributed by atoms with van der Waals surface area (Å²) in [4.78, 5) is 32.2. The zero-order valence-electron chi connectivity index (χ0n) is 21.9. The van der Waals surface area contributed by atoms with E-state index in [0.29, 0.717) is 13.0 Å². The Morgan fingerprint density at radius 1 is 1.08 bits per heavy atom. The van der Waals surface area contributed by atoms with Gasteiger partial charge < -0.3 is 9.47 Å². The van der Waals surface area contributed by atoms with Gasteiger partial charge in [-0.25, -0.2) is 18.7 Å². The first-order valence-electron chi connectivity index (χ1n) is 12.5. The average molecular weight is 528 g/mol. The zero-order valence-corrected chi connectivity index (χ0v) is 22.8. The summed E-state index contributed by atoms with van der Waals surface area (Å²) in [6, 6.07) is 9.28. The van der Waals surface area contributed by atoms with Crippen LogP contribution in [-0.2, 0) is 40.5 Å². The average Bonchev–Trinajstić information content (AvgIpc) is 2.82. The van der Waals surface area contributed by atoms with Crippen LogP contribution >= 0.6 is 0 Å². The molecule has 2 rings (SSSR count).